The number of hydrogen-bond donors (Lipinski definition) is 3. The Hall–Kier alpha value is -3.79. The number of methoxy groups -OCH3 is 1. The predicted molar refractivity (Wildman–Crippen MR) is 94.7 cm³/mol. The molecule has 2 aromatic heterocycles. The maximum atomic E-state index is 9.53. The van der Waals surface area contributed by atoms with Crippen molar-refractivity contribution in [2.75, 3.05) is 18.6 Å². The molecule has 0 aliphatic heterocycles. The number of nitrogens with zero attached hydrogens (tertiary/aromatic N) is 3. The molecule has 0 fully saturated rings. The van der Waals surface area contributed by atoms with E-state index in [1.165, 1.54) is 7.11 Å². The Labute approximate surface area is 144 Å². The summed E-state index contributed by atoms with van der Waals surface area (Å²) in [5, 5.41) is 9.53. The number of ether oxygens (including phenoxy) is 1. The van der Waals surface area contributed by atoms with Crippen LogP contribution in [0.4, 0.5) is 11.8 Å². The van der Waals surface area contributed by atoms with Crippen LogP contribution < -0.4 is 16.2 Å². The van der Waals surface area contributed by atoms with Gasteiger partial charge in [0.25, 0.3) is 0 Å². The SMILES string of the molecule is COc1ccc(-c2nc(N)nc(N)c2C#Cc2cccc(O)c2)cn1. The van der Waals surface area contributed by atoms with Crippen molar-refractivity contribution in [3.63, 3.8) is 0 Å². The average Bonchev–Trinajstić information content (AvgIpc) is 2.60. The van der Waals surface area contributed by atoms with E-state index in [-0.39, 0.29) is 17.5 Å². The Bertz CT molecular complexity index is 975. The number of phenols is 1. The fraction of sp³-hybridized carbons (Fsp3) is 0.0556. The van der Waals surface area contributed by atoms with Crippen molar-refractivity contribution >= 4 is 11.8 Å². The molecular weight excluding hydrogens is 318 g/mol. The van der Waals surface area contributed by atoms with Crippen molar-refractivity contribution in [1.82, 2.24) is 15.0 Å². The molecule has 0 saturated heterocycles. The molecular formula is C18H15N5O2. The molecule has 1 aromatic carbocycles. The summed E-state index contributed by atoms with van der Waals surface area (Å²) in [4.78, 5) is 12.4. The van der Waals surface area contributed by atoms with E-state index in [9.17, 15) is 5.11 Å². The van der Waals surface area contributed by atoms with Crippen molar-refractivity contribution in [2.24, 2.45) is 0 Å². The van der Waals surface area contributed by atoms with Gasteiger partial charge < -0.3 is 21.3 Å². The van der Waals surface area contributed by atoms with E-state index in [4.69, 9.17) is 16.2 Å². The molecule has 0 amide bonds. The standard InChI is InChI=1S/C18H15N5O2/c1-25-15-8-6-12(10-21-15)16-14(17(19)23-18(20)22-16)7-5-11-3-2-4-13(24)9-11/h2-4,6,8-10,24H,1H3,(H4,19,20,22,23). The van der Waals surface area contributed by atoms with Gasteiger partial charge in [-0.1, -0.05) is 17.9 Å². The molecule has 0 unspecified atom stereocenters. The number of nitrogen functional groups attached to an aromatic ring is 2. The zero-order valence-corrected chi connectivity index (χ0v) is 13.4. The summed E-state index contributed by atoms with van der Waals surface area (Å²) in [5.74, 6) is 6.72. The van der Waals surface area contributed by atoms with Crippen molar-refractivity contribution < 1.29 is 9.84 Å². The van der Waals surface area contributed by atoms with Gasteiger partial charge in [-0.05, 0) is 24.3 Å². The summed E-state index contributed by atoms with van der Waals surface area (Å²) in [5.41, 5.74) is 13.9. The lowest BCUT2D eigenvalue weighted by Gasteiger charge is -2.08. The fourth-order valence-corrected chi connectivity index (χ4v) is 2.19. The maximum Gasteiger partial charge on any atom is 0.222 e. The van der Waals surface area contributed by atoms with E-state index in [1.807, 2.05) is 0 Å². The largest absolute Gasteiger partial charge is 0.508 e. The van der Waals surface area contributed by atoms with Crippen molar-refractivity contribution in [1.29, 1.82) is 0 Å². The topological polar surface area (TPSA) is 120 Å². The molecule has 124 valence electrons. The highest BCUT2D eigenvalue weighted by atomic mass is 16.5. The third-order valence-corrected chi connectivity index (χ3v) is 3.35. The summed E-state index contributed by atoms with van der Waals surface area (Å²) in [6.45, 7) is 0. The van der Waals surface area contributed by atoms with E-state index >= 15 is 0 Å². The van der Waals surface area contributed by atoms with Crippen LogP contribution >= 0.6 is 0 Å². The van der Waals surface area contributed by atoms with Crippen LogP contribution in [0.15, 0.2) is 42.6 Å². The monoisotopic (exact) mass is 333 g/mol. The van der Waals surface area contributed by atoms with Gasteiger partial charge in [-0.25, -0.2) is 9.97 Å². The maximum absolute atomic E-state index is 9.53. The second-order valence-corrected chi connectivity index (χ2v) is 5.08. The van der Waals surface area contributed by atoms with Gasteiger partial charge in [0, 0.05) is 23.4 Å². The molecule has 0 saturated carbocycles. The summed E-state index contributed by atoms with van der Waals surface area (Å²) < 4.78 is 5.05. The molecule has 3 rings (SSSR count). The van der Waals surface area contributed by atoms with Crippen LogP contribution in [-0.2, 0) is 0 Å². The smallest absolute Gasteiger partial charge is 0.222 e. The Morgan fingerprint density at radius 2 is 1.92 bits per heavy atom. The molecule has 7 heteroatoms. The first-order valence-electron chi connectivity index (χ1n) is 7.31. The van der Waals surface area contributed by atoms with E-state index in [2.05, 4.69) is 26.8 Å². The van der Waals surface area contributed by atoms with E-state index < -0.39 is 0 Å². The second-order valence-electron chi connectivity index (χ2n) is 5.08. The molecule has 0 radical (unpaired) electrons. The number of aromatic hydroxyl groups is 1. The van der Waals surface area contributed by atoms with Gasteiger partial charge in [0.05, 0.1) is 18.4 Å². The molecule has 3 aromatic rings. The van der Waals surface area contributed by atoms with Crippen LogP contribution in [-0.4, -0.2) is 27.2 Å². The number of benzene rings is 1. The number of hydrogen-bond acceptors (Lipinski definition) is 7. The van der Waals surface area contributed by atoms with Crippen molar-refractivity contribution in [3.05, 3.63) is 53.7 Å². The third-order valence-electron chi connectivity index (χ3n) is 3.35. The van der Waals surface area contributed by atoms with Crippen LogP contribution in [0, 0.1) is 11.8 Å². The number of aromatic nitrogens is 3. The molecule has 0 atom stereocenters. The van der Waals surface area contributed by atoms with Crippen LogP contribution in [0.1, 0.15) is 11.1 Å². The minimum atomic E-state index is 0.0474. The normalized spacial score (nSPS) is 9.96. The van der Waals surface area contributed by atoms with Crippen molar-refractivity contribution in [2.45, 2.75) is 0 Å². The van der Waals surface area contributed by atoms with Gasteiger partial charge in [-0.3, -0.25) is 0 Å². The Morgan fingerprint density at radius 1 is 1.08 bits per heavy atom. The van der Waals surface area contributed by atoms with Gasteiger partial charge in [-0.2, -0.15) is 4.98 Å². The first-order chi connectivity index (χ1) is 12.1. The molecule has 0 bridgehead atoms. The Balaban J connectivity index is 2.10. The molecule has 2 heterocycles. The zero-order chi connectivity index (χ0) is 17.8. The second kappa shape index (κ2) is 6.76. The van der Waals surface area contributed by atoms with Gasteiger partial charge in [0.1, 0.15) is 11.6 Å². The lowest BCUT2D eigenvalue weighted by molar-refractivity contribution is 0.398. The highest BCUT2D eigenvalue weighted by Crippen LogP contribution is 2.26. The average molecular weight is 333 g/mol. The number of rotatable bonds is 2. The van der Waals surface area contributed by atoms with Crippen LogP contribution in [0.25, 0.3) is 11.3 Å². The minimum Gasteiger partial charge on any atom is -0.508 e. The van der Waals surface area contributed by atoms with E-state index in [0.717, 1.165) is 0 Å². The van der Waals surface area contributed by atoms with Crippen LogP contribution in [0.5, 0.6) is 11.6 Å². The Morgan fingerprint density at radius 3 is 2.60 bits per heavy atom. The van der Waals surface area contributed by atoms with E-state index in [1.54, 1.807) is 42.6 Å². The molecule has 7 nitrogen and oxygen atoms in total. The lowest BCUT2D eigenvalue weighted by atomic mass is 10.1. The highest BCUT2D eigenvalue weighted by Gasteiger charge is 2.12. The van der Waals surface area contributed by atoms with Crippen molar-refractivity contribution in [3.8, 4) is 34.7 Å². The van der Waals surface area contributed by atoms with Gasteiger partial charge in [-0.15, -0.1) is 0 Å². The summed E-state index contributed by atoms with van der Waals surface area (Å²) in [6.07, 6.45) is 1.60. The van der Waals surface area contributed by atoms with Gasteiger partial charge >= 0.3 is 0 Å². The number of phenolic OH excluding ortho intramolecular Hbond substituents is 1. The molecule has 0 aliphatic carbocycles. The van der Waals surface area contributed by atoms with Crippen LogP contribution in [0.2, 0.25) is 0 Å². The number of pyridine rings is 1. The third kappa shape index (κ3) is 3.59. The summed E-state index contributed by atoms with van der Waals surface area (Å²) in [6, 6.07) is 10.1. The molecule has 25 heavy (non-hydrogen) atoms. The Kier molecular flexibility index (Phi) is 4.35. The quantitative estimate of drug-likeness (QED) is 0.612. The lowest BCUT2D eigenvalue weighted by Crippen LogP contribution is -2.05. The van der Waals surface area contributed by atoms with E-state index in [0.29, 0.717) is 28.3 Å². The van der Waals surface area contributed by atoms with Gasteiger partial charge in [0.2, 0.25) is 11.8 Å². The summed E-state index contributed by atoms with van der Waals surface area (Å²) >= 11 is 0. The fourth-order valence-electron chi connectivity index (χ4n) is 2.19. The molecule has 0 spiro atoms. The van der Waals surface area contributed by atoms with Crippen LogP contribution in [0.3, 0.4) is 0 Å². The zero-order valence-electron chi connectivity index (χ0n) is 13.4. The number of anilines is 2. The van der Waals surface area contributed by atoms with Gasteiger partial charge in [0.15, 0.2) is 0 Å². The minimum absolute atomic E-state index is 0.0474. The predicted octanol–water partition coefficient (Wildman–Crippen LogP) is 1.82. The first-order valence-corrected chi connectivity index (χ1v) is 7.31. The number of nitrogens with two attached hydrogens (primary N) is 2. The summed E-state index contributed by atoms with van der Waals surface area (Å²) in [7, 11) is 1.54. The molecule has 0 aliphatic rings. The molecule has 5 N–H and O–H groups in total. The highest BCUT2D eigenvalue weighted by molar-refractivity contribution is 5.74. The first kappa shape index (κ1) is 16.1.